The molecule has 0 bridgehead atoms. The molecule has 0 saturated heterocycles. The maximum Gasteiger partial charge on any atom is 0.420 e. The number of carboxylic acid groups (broad SMARTS) is 1. The summed E-state index contributed by atoms with van der Waals surface area (Å²) in [5, 5.41) is 9.54. The minimum absolute atomic E-state index is 0.0203. The number of hydrogen-bond donors (Lipinski definition) is 1. The minimum Gasteiger partial charge on any atom is -0.490 e. The SMILES string of the molecule is CN(CC1CCC(C(=O)O)CC1)c1ccc2c(C(F)(F)F)c(OC3CCC(C(F)(F)F)CC3)ccc2c1. The van der Waals surface area contributed by atoms with E-state index in [-0.39, 0.29) is 42.7 Å². The molecule has 0 atom stereocenters. The van der Waals surface area contributed by atoms with Crippen LogP contribution in [0.5, 0.6) is 5.75 Å². The molecule has 204 valence electrons. The summed E-state index contributed by atoms with van der Waals surface area (Å²) in [5.41, 5.74) is -0.163. The van der Waals surface area contributed by atoms with Gasteiger partial charge in [0.05, 0.1) is 17.9 Å². The minimum atomic E-state index is -4.70. The third-order valence-electron chi connectivity index (χ3n) is 7.85. The van der Waals surface area contributed by atoms with Crippen molar-refractivity contribution >= 4 is 22.4 Å². The van der Waals surface area contributed by atoms with Crippen LogP contribution in [0.4, 0.5) is 32.0 Å². The van der Waals surface area contributed by atoms with Crippen LogP contribution in [0.25, 0.3) is 10.8 Å². The maximum atomic E-state index is 14.1. The lowest BCUT2D eigenvalue weighted by Gasteiger charge is -2.31. The summed E-state index contributed by atoms with van der Waals surface area (Å²) < 4.78 is 86.8. The molecule has 1 N–H and O–H groups in total. The Morgan fingerprint density at radius 3 is 2.16 bits per heavy atom. The van der Waals surface area contributed by atoms with Crippen molar-refractivity contribution < 1.29 is 41.0 Å². The second-order valence-corrected chi connectivity index (χ2v) is 10.4. The molecule has 2 aliphatic rings. The van der Waals surface area contributed by atoms with Gasteiger partial charge in [-0.05, 0) is 86.3 Å². The molecular formula is C27H31F6NO3. The predicted octanol–water partition coefficient (Wildman–Crippen LogP) is 7.69. The van der Waals surface area contributed by atoms with E-state index in [1.165, 1.54) is 12.1 Å². The van der Waals surface area contributed by atoms with E-state index >= 15 is 0 Å². The number of anilines is 1. The normalized spacial score (nSPS) is 25.2. The first-order chi connectivity index (χ1) is 17.3. The Morgan fingerprint density at radius 2 is 1.59 bits per heavy atom. The molecule has 0 aromatic heterocycles. The summed E-state index contributed by atoms with van der Waals surface area (Å²) in [6, 6.07) is 7.54. The molecule has 0 unspecified atom stereocenters. The second kappa shape index (κ2) is 10.6. The fourth-order valence-electron chi connectivity index (χ4n) is 5.70. The molecule has 2 saturated carbocycles. The Labute approximate surface area is 211 Å². The third-order valence-corrected chi connectivity index (χ3v) is 7.85. The summed E-state index contributed by atoms with van der Waals surface area (Å²) in [6.45, 7) is 0.672. The molecule has 4 nitrogen and oxygen atoms in total. The number of benzene rings is 2. The molecule has 0 amide bonds. The lowest BCUT2D eigenvalue weighted by Crippen LogP contribution is -2.32. The monoisotopic (exact) mass is 531 g/mol. The van der Waals surface area contributed by atoms with Crippen LogP contribution < -0.4 is 9.64 Å². The number of ether oxygens (including phenoxy) is 1. The Hall–Kier alpha value is -2.65. The summed E-state index contributed by atoms with van der Waals surface area (Å²) >= 11 is 0. The summed E-state index contributed by atoms with van der Waals surface area (Å²) in [5.74, 6) is -2.55. The molecule has 2 aromatic rings. The second-order valence-electron chi connectivity index (χ2n) is 10.4. The largest absolute Gasteiger partial charge is 0.490 e. The predicted molar refractivity (Wildman–Crippen MR) is 128 cm³/mol. The number of fused-ring (bicyclic) bond motifs is 1. The summed E-state index contributed by atoms with van der Waals surface area (Å²) in [4.78, 5) is 13.1. The smallest absolute Gasteiger partial charge is 0.420 e. The molecule has 2 fully saturated rings. The van der Waals surface area contributed by atoms with Crippen LogP contribution in [0.3, 0.4) is 0 Å². The van der Waals surface area contributed by atoms with Gasteiger partial charge in [0.15, 0.2) is 0 Å². The number of carbonyl (C=O) groups is 1. The fraction of sp³-hybridized carbons (Fsp3) is 0.593. The van der Waals surface area contributed by atoms with Crippen LogP contribution in [-0.4, -0.2) is 36.9 Å². The van der Waals surface area contributed by atoms with Gasteiger partial charge in [0.2, 0.25) is 0 Å². The number of hydrogen-bond acceptors (Lipinski definition) is 3. The van der Waals surface area contributed by atoms with Crippen LogP contribution in [0.2, 0.25) is 0 Å². The number of halogens is 6. The van der Waals surface area contributed by atoms with Crippen molar-refractivity contribution in [2.75, 3.05) is 18.5 Å². The van der Waals surface area contributed by atoms with E-state index in [1.54, 1.807) is 18.2 Å². The van der Waals surface area contributed by atoms with Gasteiger partial charge in [-0.2, -0.15) is 26.3 Å². The molecule has 0 aliphatic heterocycles. The van der Waals surface area contributed by atoms with Gasteiger partial charge in [0.25, 0.3) is 0 Å². The van der Waals surface area contributed by atoms with Crippen molar-refractivity contribution in [1.29, 1.82) is 0 Å². The molecule has 10 heteroatoms. The Morgan fingerprint density at radius 1 is 0.946 bits per heavy atom. The number of nitrogens with zero attached hydrogens (tertiary/aromatic N) is 1. The Balaban J connectivity index is 1.50. The van der Waals surface area contributed by atoms with Gasteiger partial charge in [0, 0.05) is 19.3 Å². The van der Waals surface area contributed by atoms with Crippen LogP contribution >= 0.6 is 0 Å². The first-order valence-corrected chi connectivity index (χ1v) is 12.6. The molecule has 0 radical (unpaired) electrons. The van der Waals surface area contributed by atoms with Crippen molar-refractivity contribution in [1.82, 2.24) is 0 Å². The van der Waals surface area contributed by atoms with E-state index in [1.807, 2.05) is 11.9 Å². The van der Waals surface area contributed by atoms with Gasteiger partial charge >= 0.3 is 18.3 Å². The molecular weight excluding hydrogens is 500 g/mol. The average molecular weight is 532 g/mol. The van der Waals surface area contributed by atoms with Gasteiger partial charge < -0.3 is 14.7 Å². The van der Waals surface area contributed by atoms with Gasteiger partial charge in [0.1, 0.15) is 11.3 Å². The van der Waals surface area contributed by atoms with Crippen LogP contribution in [0.15, 0.2) is 30.3 Å². The quantitative estimate of drug-likeness (QED) is 0.389. The number of alkyl halides is 6. The topological polar surface area (TPSA) is 49.8 Å². The molecule has 0 heterocycles. The van der Waals surface area contributed by atoms with Crippen LogP contribution in [0, 0.1) is 17.8 Å². The van der Waals surface area contributed by atoms with E-state index in [4.69, 9.17) is 4.74 Å². The van der Waals surface area contributed by atoms with Crippen LogP contribution in [-0.2, 0) is 11.0 Å². The van der Waals surface area contributed by atoms with Gasteiger partial charge in [-0.1, -0.05) is 12.1 Å². The molecule has 0 spiro atoms. The van der Waals surface area contributed by atoms with Crippen LogP contribution in [0.1, 0.15) is 56.9 Å². The first-order valence-electron chi connectivity index (χ1n) is 12.6. The molecule has 4 rings (SSSR count). The number of rotatable bonds is 6. The number of aliphatic carboxylic acids is 1. The zero-order valence-corrected chi connectivity index (χ0v) is 20.5. The first kappa shape index (κ1) is 27.4. The molecule has 2 aromatic carbocycles. The average Bonchev–Trinajstić information content (AvgIpc) is 2.83. The van der Waals surface area contributed by atoms with E-state index in [2.05, 4.69) is 0 Å². The van der Waals surface area contributed by atoms with E-state index in [0.717, 1.165) is 18.5 Å². The van der Waals surface area contributed by atoms with Crippen molar-refractivity contribution in [2.24, 2.45) is 17.8 Å². The van der Waals surface area contributed by atoms with Crippen molar-refractivity contribution in [2.45, 2.75) is 69.8 Å². The fourth-order valence-corrected chi connectivity index (χ4v) is 5.70. The maximum absolute atomic E-state index is 14.1. The highest BCUT2D eigenvalue weighted by Crippen LogP contribution is 2.44. The molecule has 2 aliphatic carbocycles. The zero-order chi connectivity index (χ0) is 27.0. The summed E-state index contributed by atoms with van der Waals surface area (Å²) in [6.07, 6.45) is -7.07. The Bertz CT molecular complexity index is 1100. The summed E-state index contributed by atoms with van der Waals surface area (Å²) in [7, 11) is 1.86. The van der Waals surface area contributed by atoms with E-state index in [0.29, 0.717) is 30.7 Å². The van der Waals surface area contributed by atoms with Crippen molar-refractivity contribution in [3.8, 4) is 5.75 Å². The highest BCUT2D eigenvalue weighted by Gasteiger charge is 2.43. The van der Waals surface area contributed by atoms with Gasteiger partial charge in [-0.15, -0.1) is 0 Å². The van der Waals surface area contributed by atoms with Gasteiger partial charge in [-0.3, -0.25) is 4.79 Å². The van der Waals surface area contributed by atoms with E-state index < -0.39 is 35.9 Å². The number of carboxylic acids is 1. The lowest BCUT2D eigenvalue weighted by atomic mass is 9.82. The van der Waals surface area contributed by atoms with Crippen molar-refractivity contribution in [3.05, 3.63) is 35.9 Å². The highest BCUT2D eigenvalue weighted by atomic mass is 19.4. The Kier molecular flexibility index (Phi) is 7.85. The van der Waals surface area contributed by atoms with Crippen molar-refractivity contribution in [3.63, 3.8) is 0 Å². The third kappa shape index (κ3) is 6.44. The molecule has 37 heavy (non-hydrogen) atoms. The standard InChI is InChI=1S/C27H31F6NO3/c1-34(15-16-2-4-17(5-3-16)25(35)36)20-9-12-22-18(14-20)6-13-23(24(22)27(31,32)33)37-21-10-7-19(8-11-21)26(28,29)30/h6,9,12-14,16-17,19,21H,2-5,7-8,10-11,15H2,1H3,(H,35,36). The van der Waals surface area contributed by atoms with E-state index in [9.17, 15) is 36.2 Å². The van der Waals surface area contributed by atoms with Gasteiger partial charge in [-0.25, -0.2) is 0 Å². The highest BCUT2D eigenvalue weighted by molar-refractivity contribution is 5.91. The zero-order valence-electron chi connectivity index (χ0n) is 20.5. The lowest BCUT2D eigenvalue weighted by molar-refractivity contribution is -0.185.